The van der Waals surface area contributed by atoms with Crippen molar-refractivity contribution in [1.82, 2.24) is 0 Å². The molecule has 0 saturated carbocycles. The van der Waals surface area contributed by atoms with Crippen LogP contribution in [0.3, 0.4) is 0 Å². The summed E-state index contributed by atoms with van der Waals surface area (Å²) < 4.78 is 15.2. The molecule has 15 heavy (non-hydrogen) atoms. The maximum atomic E-state index is 9.82. The van der Waals surface area contributed by atoms with Crippen LogP contribution in [0.1, 0.15) is 13.8 Å². The Morgan fingerprint density at radius 3 is 1.53 bits per heavy atom. The minimum atomic E-state index is -2.19. The highest BCUT2D eigenvalue weighted by atomic mass is 28.4. The molecule has 0 heterocycles. The highest BCUT2D eigenvalue weighted by Crippen LogP contribution is 2.10. The monoisotopic (exact) mass is 235 g/mol. The summed E-state index contributed by atoms with van der Waals surface area (Å²) >= 11 is 0. The van der Waals surface area contributed by atoms with Gasteiger partial charge in [0, 0.05) is 32.9 Å². The van der Waals surface area contributed by atoms with E-state index >= 15 is 0 Å². The first-order valence-corrected chi connectivity index (χ1v) is 6.43. The van der Waals surface area contributed by atoms with Crippen LogP contribution in [0.5, 0.6) is 0 Å². The van der Waals surface area contributed by atoms with Crippen LogP contribution in [0.25, 0.3) is 0 Å². The molecule has 1 amide bonds. The molecule has 0 spiro atoms. The van der Waals surface area contributed by atoms with Crippen LogP contribution in [0.2, 0.25) is 6.04 Å². The van der Waals surface area contributed by atoms with Gasteiger partial charge in [0.25, 0.3) is 0 Å². The van der Waals surface area contributed by atoms with Gasteiger partial charge < -0.3 is 19.0 Å². The molecule has 90 valence electrons. The molecule has 6 heteroatoms. The minimum absolute atomic E-state index is 0.398. The van der Waals surface area contributed by atoms with Gasteiger partial charge in [-0.2, -0.15) is 0 Å². The first-order chi connectivity index (χ1) is 6.89. The predicted octanol–water partition coefficient (Wildman–Crippen LogP) is 0.932. The fourth-order valence-corrected chi connectivity index (χ4v) is 2.05. The number of nitrogens with two attached hydrogens (primary N) is 1. The maximum Gasteiger partial charge on any atom is 0.499 e. The van der Waals surface area contributed by atoms with Crippen LogP contribution in [0.15, 0.2) is 12.2 Å². The van der Waals surface area contributed by atoms with Crippen molar-refractivity contribution in [3.05, 3.63) is 12.2 Å². The fraction of sp³-hybridized carbons (Fsp3) is 0.667. The molecule has 0 aliphatic heterocycles. The van der Waals surface area contributed by atoms with Crippen molar-refractivity contribution < 1.29 is 18.1 Å². The molecule has 0 radical (unpaired) electrons. The van der Waals surface area contributed by atoms with Crippen molar-refractivity contribution in [3.63, 3.8) is 0 Å². The van der Waals surface area contributed by atoms with Crippen molar-refractivity contribution in [2.75, 3.05) is 21.3 Å². The molecular weight excluding hydrogens is 214 g/mol. The van der Waals surface area contributed by atoms with Crippen molar-refractivity contribution in [3.8, 4) is 0 Å². The standard InChI is InChI=1S/C5H14O3Si.C4H7NO/c1-5-9(6-2,7-3)8-4;1-3(2)4(5)6/h5H2,1-4H3;1H2,2H3,(H2,5,6). The van der Waals surface area contributed by atoms with E-state index in [0.717, 1.165) is 6.04 Å². The van der Waals surface area contributed by atoms with E-state index in [0.29, 0.717) is 5.57 Å². The molecule has 2 N–H and O–H groups in total. The third kappa shape index (κ3) is 7.26. The zero-order valence-corrected chi connectivity index (χ0v) is 11.1. The summed E-state index contributed by atoms with van der Waals surface area (Å²) in [5.41, 5.74) is 5.09. The van der Waals surface area contributed by atoms with Crippen LogP contribution >= 0.6 is 0 Å². The predicted molar refractivity (Wildman–Crippen MR) is 61.3 cm³/mol. The number of amides is 1. The SMILES string of the molecule is C=C(C)C(N)=O.CC[Si](OC)(OC)OC. The van der Waals surface area contributed by atoms with Gasteiger partial charge >= 0.3 is 8.80 Å². The highest BCUT2D eigenvalue weighted by Gasteiger charge is 2.34. The lowest BCUT2D eigenvalue weighted by atomic mass is 10.3. The third-order valence-electron chi connectivity index (χ3n) is 1.79. The van der Waals surface area contributed by atoms with Crippen LogP contribution in [0, 0.1) is 0 Å². The summed E-state index contributed by atoms with van der Waals surface area (Å²) in [7, 11) is 2.65. The smallest absolute Gasteiger partial charge is 0.377 e. The largest absolute Gasteiger partial charge is 0.499 e. The third-order valence-corrected chi connectivity index (χ3v) is 4.52. The normalized spacial score (nSPS) is 10.2. The van der Waals surface area contributed by atoms with E-state index in [9.17, 15) is 4.79 Å². The lowest BCUT2D eigenvalue weighted by Gasteiger charge is -2.22. The molecule has 5 nitrogen and oxygen atoms in total. The molecule has 0 saturated heterocycles. The lowest BCUT2D eigenvalue weighted by Crippen LogP contribution is -2.41. The quantitative estimate of drug-likeness (QED) is 0.568. The van der Waals surface area contributed by atoms with Crippen LogP contribution in [-0.2, 0) is 18.1 Å². The Hall–Kier alpha value is -0.693. The molecule has 0 aromatic carbocycles. The van der Waals surface area contributed by atoms with E-state index in [4.69, 9.17) is 19.0 Å². The van der Waals surface area contributed by atoms with E-state index < -0.39 is 14.7 Å². The molecule has 0 bridgehead atoms. The lowest BCUT2D eigenvalue weighted by molar-refractivity contribution is -0.114. The van der Waals surface area contributed by atoms with E-state index in [1.807, 2.05) is 6.92 Å². The molecule has 0 aliphatic carbocycles. The van der Waals surface area contributed by atoms with E-state index in [1.165, 1.54) is 0 Å². The molecule has 0 fully saturated rings. The van der Waals surface area contributed by atoms with E-state index in [1.54, 1.807) is 28.3 Å². The van der Waals surface area contributed by atoms with Gasteiger partial charge in [0.2, 0.25) is 5.91 Å². The summed E-state index contributed by atoms with van der Waals surface area (Å²) in [6, 6.07) is 0.816. The van der Waals surface area contributed by atoms with E-state index in [-0.39, 0.29) is 0 Å². The number of carbonyl (C=O) groups is 1. The Kier molecular flexibility index (Phi) is 9.59. The van der Waals surface area contributed by atoms with Crippen molar-refractivity contribution in [2.45, 2.75) is 19.9 Å². The minimum Gasteiger partial charge on any atom is -0.377 e. The van der Waals surface area contributed by atoms with Gasteiger partial charge in [0.1, 0.15) is 0 Å². The van der Waals surface area contributed by atoms with Gasteiger partial charge in [-0.1, -0.05) is 13.5 Å². The summed E-state index contributed by atoms with van der Waals surface area (Å²) in [5, 5.41) is 0. The molecular formula is C9H21NO4Si. The Bertz CT molecular complexity index is 175. The zero-order chi connectivity index (χ0) is 12.5. The second-order valence-corrected chi connectivity index (χ2v) is 6.09. The zero-order valence-electron chi connectivity index (χ0n) is 10.1. The average molecular weight is 235 g/mol. The van der Waals surface area contributed by atoms with Crippen molar-refractivity contribution in [2.24, 2.45) is 5.73 Å². The molecule has 0 aliphatic rings. The van der Waals surface area contributed by atoms with Crippen molar-refractivity contribution >= 4 is 14.7 Å². The second-order valence-electron chi connectivity index (χ2n) is 2.79. The summed E-state index contributed by atoms with van der Waals surface area (Å²) in [6.07, 6.45) is 0. The number of carbonyl (C=O) groups excluding carboxylic acids is 1. The molecule has 0 rings (SSSR count). The van der Waals surface area contributed by atoms with Crippen molar-refractivity contribution in [1.29, 1.82) is 0 Å². The molecule has 0 aromatic heterocycles. The average Bonchev–Trinajstić information content (AvgIpc) is 2.23. The molecule has 0 aromatic rings. The second kappa shape index (κ2) is 8.60. The topological polar surface area (TPSA) is 70.8 Å². The first-order valence-electron chi connectivity index (χ1n) is 4.49. The van der Waals surface area contributed by atoms with Gasteiger partial charge in [0.15, 0.2) is 0 Å². The summed E-state index contributed by atoms with van der Waals surface area (Å²) in [5.74, 6) is -0.435. The number of hydrogen-bond acceptors (Lipinski definition) is 4. The van der Waals surface area contributed by atoms with Gasteiger partial charge in [-0.05, 0) is 6.92 Å². The Labute approximate surface area is 92.6 Å². The molecule has 0 atom stereocenters. The molecule has 0 unspecified atom stereocenters. The Balaban J connectivity index is 0. The van der Waals surface area contributed by atoms with Gasteiger partial charge in [-0.3, -0.25) is 4.79 Å². The van der Waals surface area contributed by atoms with Gasteiger partial charge in [-0.15, -0.1) is 0 Å². The van der Waals surface area contributed by atoms with Crippen LogP contribution < -0.4 is 5.73 Å². The maximum absolute atomic E-state index is 9.82. The van der Waals surface area contributed by atoms with Crippen LogP contribution in [-0.4, -0.2) is 36.0 Å². The Morgan fingerprint density at radius 2 is 1.53 bits per heavy atom. The van der Waals surface area contributed by atoms with E-state index in [2.05, 4.69) is 6.58 Å². The first kappa shape index (κ1) is 16.7. The number of hydrogen-bond donors (Lipinski definition) is 1. The fourth-order valence-electron chi connectivity index (χ4n) is 0.683. The van der Waals surface area contributed by atoms with Gasteiger partial charge in [-0.25, -0.2) is 0 Å². The number of primary amides is 1. The van der Waals surface area contributed by atoms with Crippen LogP contribution in [0.4, 0.5) is 0 Å². The summed E-state index contributed by atoms with van der Waals surface area (Å²) in [6.45, 7) is 6.84. The highest BCUT2D eigenvalue weighted by molar-refractivity contribution is 6.60. The number of rotatable bonds is 5. The summed E-state index contributed by atoms with van der Waals surface area (Å²) in [4.78, 5) is 9.82. The van der Waals surface area contributed by atoms with Gasteiger partial charge in [0.05, 0.1) is 0 Å². The Morgan fingerprint density at radius 1 is 1.27 bits per heavy atom.